The minimum atomic E-state index is -2.16. The highest BCUT2D eigenvalue weighted by molar-refractivity contribution is 9.09. The first kappa shape index (κ1) is 33.9. The molecule has 3 aromatic carbocycles. The molecule has 4 aliphatic rings. The van der Waals surface area contributed by atoms with E-state index in [1.165, 1.54) is 25.1 Å². The number of alkyl halides is 3. The molecule has 2 aliphatic carbocycles. The number of halogens is 3. The smallest absolute Gasteiger partial charge is 0.301 e. The Morgan fingerprint density at radius 3 is 2.20 bits per heavy atom. The predicted molar refractivity (Wildman–Crippen MR) is 186 cm³/mol. The summed E-state index contributed by atoms with van der Waals surface area (Å²) in [6.45, 7) is 0. The van der Waals surface area contributed by atoms with E-state index in [1.807, 2.05) is 0 Å². The van der Waals surface area contributed by atoms with Crippen LogP contribution in [0.15, 0.2) is 60.2 Å². The summed E-state index contributed by atoms with van der Waals surface area (Å²) in [6, 6.07) is 12.0. The highest BCUT2D eigenvalue weighted by atomic mass is 79.9. The van der Waals surface area contributed by atoms with Crippen molar-refractivity contribution < 1.29 is 34.1 Å². The van der Waals surface area contributed by atoms with Crippen molar-refractivity contribution in [2.45, 2.75) is 28.5 Å². The van der Waals surface area contributed by atoms with Gasteiger partial charge in [-0.1, -0.05) is 57.9 Å². The van der Waals surface area contributed by atoms with Crippen LogP contribution < -0.4 is 9.80 Å². The summed E-state index contributed by atoms with van der Waals surface area (Å²) in [5.74, 6) is -7.85. The number of hydrogen-bond acceptors (Lipinski definition) is 10. The monoisotopic (exact) mass is 785 g/mol. The summed E-state index contributed by atoms with van der Waals surface area (Å²) in [4.78, 5) is 77.7. The van der Waals surface area contributed by atoms with E-state index in [-0.39, 0.29) is 41.0 Å². The molecule has 17 heteroatoms. The number of allylic oxidation sites excluding steroid dienone is 2. The fourth-order valence-electron chi connectivity index (χ4n) is 8.37. The lowest BCUT2D eigenvalue weighted by atomic mass is 9.56. The third kappa shape index (κ3) is 4.32. The number of fused-ring (bicyclic) bond motifs is 5. The average molecular weight is 787 g/mol. The molecule has 3 fully saturated rings. The Hall–Kier alpha value is -4.60. The summed E-state index contributed by atoms with van der Waals surface area (Å²) >= 11 is 17.8. The van der Waals surface area contributed by atoms with E-state index >= 15 is 0 Å². The van der Waals surface area contributed by atoms with E-state index < -0.39 is 78.3 Å². The van der Waals surface area contributed by atoms with Crippen molar-refractivity contribution in [3.8, 4) is 5.75 Å². The molecule has 2 heterocycles. The zero-order valence-electron chi connectivity index (χ0n) is 26.2. The summed E-state index contributed by atoms with van der Waals surface area (Å²) in [5.41, 5.74) is -1.65. The van der Waals surface area contributed by atoms with E-state index in [4.69, 9.17) is 23.2 Å². The van der Waals surface area contributed by atoms with Gasteiger partial charge in [0.25, 0.3) is 11.8 Å². The van der Waals surface area contributed by atoms with Crippen molar-refractivity contribution in [3.05, 3.63) is 86.0 Å². The zero-order chi connectivity index (χ0) is 36.2. The van der Waals surface area contributed by atoms with Gasteiger partial charge in [0.2, 0.25) is 11.8 Å². The van der Waals surface area contributed by atoms with E-state index in [0.29, 0.717) is 21.2 Å². The van der Waals surface area contributed by atoms with Crippen molar-refractivity contribution in [3.63, 3.8) is 0 Å². The number of imide groups is 2. The molecule has 4 amide bonds. The average Bonchev–Trinajstić information content (AvgIpc) is 3.41. The number of benzene rings is 3. The van der Waals surface area contributed by atoms with Crippen LogP contribution in [0.2, 0.25) is 0 Å². The number of carbonyl (C=O) groups is 4. The molecule has 6 atom stereocenters. The van der Waals surface area contributed by atoms with Crippen molar-refractivity contribution in [2.24, 2.45) is 17.8 Å². The number of anilines is 2. The van der Waals surface area contributed by atoms with E-state index in [9.17, 15) is 44.5 Å². The number of hydrogen-bond donors (Lipinski definition) is 1. The van der Waals surface area contributed by atoms with Crippen molar-refractivity contribution in [1.29, 1.82) is 0 Å². The first-order valence-corrected chi connectivity index (χ1v) is 17.2. The van der Waals surface area contributed by atoms with Gasteiger partial charge in [-0.2, -0.15) is 0 Å². The highest BCUT2D eigenvalue weighted by Gasteiger charge is 2.76. The molecule has 1 saturated carbocycles. The lowest BCUT2D eigenvalue weighted by molar-refractivity contribution is -0.392. The number of aromatic hydroxyl groups is 1. The fourth-order valence-corrected chi connectivity index (χ4v) is 9.78. The van der Waals surface area contributed by atoms with Crippen molar-refractivity contribution >= 4 is 96.3 Å². The Bertz CT molecular complexity index is 2110. The van der Waals surface area contributed by atoms with Crippen LogP contribution in [0.3, 0.4) is 0 Å². The lowest BCUT2D eigenvalue weighted by Crippen LogP contribution is -2.60. The van der Waals surface area contributed by atoms with E-state index in [0.717, 1.165) is 17.0 Å². The molecule has 3 aromatic rings. The van der Waals surface area contributed by atoms with Crippen molar-refractivity contribution in [2.75, 3.05) is 29.3 Å². The number of phenols is 1. The summed E-state index contributed by atoms with van der Waals surface area (Å²) in [5, 5.41) is 36.8. The van der Waals surface area contributed by atoms with Crippen molar-refractivity contribution in [1.82, 2.24) is 4.90 Å². The van der Waals surface area contributed by atoms with Crippen LogP contribution in [0.4, 0.5) is 22.7 Å². The van der Waals surface area contributed by atoms with Crippen LogP contribution in [0, 0.1) is 38.0 Å². The van der Waals surface area contributed by atoms with Crippen LogP contribution in [-0.2, 0) is 19.2 Å². The van der Waals surface area contributed by atoms with Crippen LogP contribution in [0.25, 0.3) is 10.8 Å². The Labute approximate surface area is 301 Å². The van der Waals surface area contributed by atoms with Gasteiger partial charge in [-0.05, 0) is 35.6 Å². The Morgan fingerprint density at radius 1 is 0.960 bits per heavy atom. The molecule has 258 valence electrons. The Balaban J connectivity index is 1.42. The van der Waals surface area contributed by atoms with Gasteiger partial charge in [0.1, 0.15) is 5.75 Å². The molecule has 14 nitrogen and oxygen atoms in total. The number of nitro groups is 2. The number of phenolic OH excluding ortho intramolecular Hbond substituents is 1. The molecule has 0 radical (unpaired) electrons. The molecule has 50 heavy (non-hydrogen) atoms. The molecule has 1 N–H and O–H groups in total. The van der Waals surface area contributed by atoms with Crippen LogP contribution in [0.1, 0.15) is 24.3 Å². The lowest BCUT2D eigenvalue weighted by Gasteiger charge is -2.51. The van der Waals surface area contributed by atoms with E-state index in [2.05, 4.69) is 15.9 Å². The molecule has 0 aromatic heterocycles. The molecule has 2 saturated heterocycles. The topological polar surface area (TPSA) is 185 Å². The summed E-state index contributed by atoms with van der Waals surface area (Å²) in [6.07, 6.45) is 1.31. The standard InChI is InChI=1S/C33H26BrCl2N5O9/c1-37(2)27-21(40(47)48)11-16(12-22(27)41(49)50)39-28(43)19-9-8-18-20(24(19)29(39)44)13-32(35)30(45)38(14-34)31(46)33(32,36)26(18)25-17-6-4-3-5-15(17)7-10-23(25)42/h3-8,10-12,19-20,24,26,42H,9,13-14H2,1-2H3. The highest BCUT2D eigenvalue weighted by Crippen LogP contribution is 2.67. The number of carbonyl (C=O) groups excluding carboxylic acids is 4. The quantitative estimate of drug-likeness (QED) is 0.0854. The Morgan fingerprint density at radius 2 is 1.60 bits per heavy atom. The molecular weight excluding hydrogens is 761 g/mol. The first-order chi connectivity index (χ1) is 23.6. The van der Waals surface area contributed by atoms with Crippen LogP contribution in [-0.4, -0.2) is 72.8 Å². The summed E-state index contributed by atoms with van der Waals surface area (Å²) < 4.78 is 0. The molecule has 6 unspecified atom stereocenters. The third-order valence-electron chi connectivity index (χ3n) is 10.4. The number of nitro benzene ring substituents is 2. The Kier molecular flexibility index (Phi) is 7.77. The van der Waals surface area contributed by atoms with Gasteiger partial charge < -0.3 is 10.0 Å². The minimum Gasteiger partial charge on any atom is -0.508 e. The largest absolute Gasteiger partial charge is 0.508 e. The summed E-state index contributed by atoms with van der Waals surface area (Å²) in [7, 11) is 2.78. The minimum absolute atomic E-state index is 0.0356. The number of rotatable bonds is 6. The van der Waals surface area contributed by atoms with Crippen LogP contribution >= 0.6 is 39.1 Å². The maximum Gasteiger partial charge on any atom is 0.301 e. The van der Waals surface area contributed by atoms with Gasteiger partial charge in [-0.15, -0.1) is 23.2 Å². The normalized spacial score (nSPS) is 28.8. The molecule has 0 bridgehead atoms. The first-order valence-electron chi connectivity index (χ1n) is 15.3. The van der Waals surface area contributed by atoms with Crippen LogP contribution in [0.5, 0.6) is 5.75 Å². The van der Waals surface area contributed by atoms with E-state index in [1.54, 1.807) is 36.4 Å². The molecule has 2 aliphatic heterocycles. The van der Waals surface area contributed by atoms with Gasteiger partial charge in [0.05, 0.1) is 32.8 Å². The molecule has 7 rings (SSSR count). The number of nitrogens with zero attached hydrogens (tertiary/aromatic N) is 5. The molecular formula is C33H26BrCl2N5O9. The SMILES string of the molecule is CN(C)c1c([N+](=O)[O-])cc(N2C(=O)C3CC=C4C(CC5(Cl)C(=O)N(CBr)C(=O)C5(Cl)C4c4c(O)ccc5ccccc45)C3C2=O)cc1[N+](=O)[O-]. The second-order valence-electron chi connectivity index (χ2n) is 13.0. The number of amides is 4. The number of likely N-dealkylation sites (tertiary alicyclic amines) is 1. The fraction of sp³-hybridized carbons (Fsp3) is 0.333. The van der Waals surface area contributed by atoms with Gasteiger partial charge in [0, 0.05) is 37.7 Å². The molecule has 0 spiro atoms. The second-order valence-corrected chi connectivity index (χ2v) is 14.7. The maximum atomic E-state index is 14.5. The van der Waals surface area contributed by atoms with Gasteiger partial charge in [0.15, 0.2) is 15.4 Å². The second kappa shape index (κ2) is 11.5. The zero-order valence-corrected chi connectivity index (χ0v) is 29.3. The van der Waals surface area contributed by atoms with Gasteiger partial charge in [-0.25, -0.2) is 4.90 Å². The van der Waals surface area contributed by atoms with Gasteiger partial charge in [-0.3, -0.25) is 44.3 Å². The predicted octanol–water partition coefficient (Wildman–Crippen LogP) is 5.34. The third-order valence-corrected chi connectivity index (χ3v) is 12.3. The maximum absolute atomic E-state index is 14.5. The van der Waals surface area contributed by atoms with Gasteiger partial charge >= 0.3 is 11.4 Å².